The number of methoxy groups -OCH3 is 1. The Labute approximate surface area is 127 Å². The lowest BCUT2D eigenvalue weighted by Crippen LogP contribution is -2.41. The standard InChI is InChI=1S/C17H26N2O2/c1-17(2,3)13-7-9-19(10-8-13)16(20)12-5-6-14(18)15(11-12)21-4/h5-6,11,13H,7-10,18H2,1-4H3. The highest BCUT2D eigenvalue weighted by atomic mass is 16.5. The van der Waals surface area contributed by atoms with Crippen molar-refractivity contribution in [3.63, 3.8) is 0 Å². The minimum absolute atomic E-state index is 0.0701. The third-order valence-electron chi connectivity index (χ3n) is 4.49. The largest absolute Gasteiger partial charge is 0.495 e. The molecule has 0 atom stereocenters. The molecule has 1 aromatic carbocycles. The summed E-state index contributed by atoms with van der Waals surface area (Å²) < 4.78 is 5.19. The molecule has 1 aliphatic rings. The number of hydrogen-bond donors (Lipinski definition) is 1. The molecule has 21 heavy (non-hydrogen) atoms. The van der Waals surface area contributed by atoms with Gasteiger partial charge in [0.25, 0.3) is 5.91 Å². The fourth-order valence-corrected chi connectivity index (χ4v) is 2.98. The van der Waals surface area contributed by atoms with Gasteiger partial charge in [0.15, 0.2) is 0 Å². The average Bonchev–Trinajstić information content (AvgIpc) is 2.46. The fraction of sp³-hybridized carbons (Fsp3) is 0.588. The number of hydrogen-bond acceptors (Lipinski definition) is 3. The molecule has 4 nitrogen and oxygen atoms in total. The van der Waals surface area contributed by atoms with Crippen LogP contribution in [0.15, 0.2) is 18.2 Å². The summed E-state index contributed by atoms with van der Waals surface area (Å²) in [5.74, 6) is 1.31. The Morgan fingerprint density at radius 2 is 1.90 bits per heavy atom. The zero-order valence-corrected chi connectivity index (χ0v) is 13.5. The molecule has 0 aromatic heterocycles. The maximum absolute atomic E-state index is 12.6. The van der Waals surface area contributed by atoms with Gasteiger partial charge in [0.2, 0.25) is 0 Å². The second-order valence-electron chi connectivity index (χ2n) is 6.89. The first-order valence-electron chi connectivity index (χ1n) is 7.55. The molecule has 0 spiro atoms. The maximum Gasteiger partial charge on any atom is 0.253 e. The number of likely N-dealkylation sites (tertiary alicyclic amines) is 1. The molecule has 2 N–H and O–H groups in total. The first-order valence-corrected chi connectivity index (χ1v) is 7.55. The van der Waals surface area contributed by atoms with Crippen LogP contribution in [0.3, 0.4) is 0 Å². The van der Waals surface area contributed by atoms with Crippen molar-refractivity contribution in [3.05, 3.63) is 23.8 Å². The Hall–Kier alpha value is -1.71. The number of carbonyl (C=O) groups excluding carboxylic acids is 1. The van der Waals surface area contributed by atoms with Crippen molar-refractivity contribution < 1.29 is 9.53 Å². The average molecular weight is 290 g/mol. The van der Waals surface area contributed by atoms with Crippen LogP contribution in [0.25, 0.3) is 0 Å². The van der Waals surface area contributed by atoms with Gasteiger partial charge in [0, 0.05) is 18.7 Å². The minimum atomic E-state index is 0.0701. The highest BCUT2D eigenvalue weighted by molar-refractivity contribution is 5.95. The van der Waals surface area contributed by atoms with Crippen LogP contribution in [0.1, 0.15) is 44.0 Å². The highest BCUT2D eigenvalue weighted by Gasteiger charge is 2.30. The summed E-state index contributed by atoms with van der Waals surface area (Å²) >= 11 is 0. The van der Waals surface area contributed by atoms with Crippen molar-refractivity contribution in [2.75, 3.05) is 25.9 Å². The van der Waals surface area contributed by atoms with Gasteiger partial charge in [-0.25, -0.2) is 0 Å². The van der Waals surface area contributed by atoms with Gasteiger partial charge in [-0.15, -0.1) is 0 Å². The van der Waals surface area contributed by atoms with Gasteiger partial charge in [-0.05, 0) is 42.4 Å². The molecular formula is C17H26N2O2. The van der Waals surface area contributed by atoms with Crippen LogP contribution in [0.5, 0.6) is 5.75 Å². The normalized spacial score (nSPS) is 16.9. The van der Waals surface area contributed by atoms with E-state index in [-0.39, 0.29) is 5.91 Å². The Kier molecular flexibility index (Phi) is 4.45. The molecule has 0 radical (unpaired) electrons. The van der Waals surface area contributed by atoms with Gasteiger partial charge in [-0.1, -0.05) is 20.8 Å². The van der Waals surface area contributed by atoms with E-state index in [0.717, 1.165) is 25.9 Å². The number of nitrogen functional groups attached to an aromatic ring is 1. The van der Waals surface area contributed by atoms with Gasteiger partial charge in [0.05, 0.1) is 12.8 Å². The Morgan fingerprint density at radius 3 is 2.43 bits per heavy atom. The van der Waals surface area contributed by atoms with Gasteiger partial charge < -0.3 is 15.4 Å². The van der Waals surface area contributed by atoms with E-state index in [9.17, 15) is 4.79 Å². The lowest BCUT2D eigenvalue weighted by molar-refractivity contribution is 0.0608. The number of carbonyl (C=O) groups is 1. The van der Waals surface area contributed by atoms with Crippen LogP contribution in [0, 0.1) is 11.3 Å². The lowest BCUT2D eigenvalue weighted by atomic mass is 9.75. The zero-order valence-electron chi connectivity index (χ0n) is 13.5. The third kappa shape index (κ3) is 3.49. The monoisotopic (exact) mass is 290 g/mol. The van der Waals surface area contributed by atoms with E-state index in [2.05, 4.69) is 20.8 Å². The third-order valence-corrected chi connectivity index (χ3v) is 4.49. The van der Waals surface area contributed by atoms with Crippen molar-refractivity contribution >= 4 is 11.6 Å². The van der Waals surface area contributed by atoms with Crippen molar-refractivity contribution in [1.82, 2.24) is 4.90 Å². The second kappa shape index (κ2) is 5.96. The number of anilines is 1. The predicted octanol–water partition coefficient (Wildman–Crippen LogP) is 3.18. The molecule has 0 unspecified atom stereocenters. The molecule has 1 aliphatic heterocycles. The molecule has 1 saturated heterocycles. The molecule has 0 aliphatic carbocycles. The topological polar surface area (TPSA) is 55.6 Å². The van der Waals surface area contributed by atoms with Crippen LogP contribution in [0.4, 0.5) is 5.69 Å². The Morgan fingerprint density at radius 1 is 1.29 bits per heavy atom. The molecule has 1 aromatic rings. The van der Waals surface area contributed by atoms with Crippen molar-refractivity contribution in [3.8, 4) is 5.75 Å². The predicted molar refractivity (Wildman–Crippen MR) is 85.5 cm³/mol. The van der Waals surface area contributed by atoms with Gasteiger partial charge in [-0.3, -0.25) is 4.79 Å². The number of amides is 1. The summed E-state index contributed by atoms with van der Waals surface area (Å²) in [6.45, 7) is 8.49. The Balaban J connectivity index is 2.05. The summed E-state index contributed by atoms with van der Waals surface area (Å²) in [5.41, 5.74) is 7.32. The minimum Gasteiger partial charge on any atom is -0.495 e. The molecule has 0 bridgehead atoms. The van der Waals surface area contributed by atoms with E-state index < -0.39 is 0 Å². The molecule has 1 amide bonds. The van der Waals surface area contributed by atoms with Crippen LogP contribution < -0.4 is 10.5 Å². The van der Waals surface area contributed by atoms with Crippen LogP contribution in [-0.4, -0.2) is 31.0 Å². The quantitative estimate of drug-likeness (QED) is 0.851. The smallest absolute Gasteiger partial charge is 0.253 e. The first kappa shape index (κ1) is 15.7. The van der Waals surface area contributed by atoms with Crippen molar-refractivity contribution in [2.45, 2.75) is 33.6 Å². The van der Waals surface area contributed by atoms with E-state index in [4.69, 9.17) is 10.5 Å². The molecule has 1 heterocycles. The SMILES string of the molecule is COc1cc(C(=O)N2CCC(C(C)(C)C)CC2)ccc1N. The van der Waals surface area contributed by atoms with Crippen LogP contribution in [0.2, 0.25) is 0 Å². The summed E-state index contributed by atoms with van der Waals surface area (Å²) in [6, 6.07) is 5.23. The van der Waals surface area contributed by atoms with Crippen LogP contribution >= 0.6 is 0 Å². The van der Waals surface area contributed by atoms with Gasteiger partial charge in [0.1, 0.15) is 5.75 Å². The van der Waals surface area contributed by atoms with E-state index in [1.807, 2.05) is 4.90 Å². The number of nitrogens with zero attached hydrogens (tertiary/aromatic N) is 1. The number of nitrogens with two attached hydrogens (primary N) is 1. The zero-order chi connectivity index (χ0) is 15.6. The summed E-state index contributed by atoms with van der Waals surface area (Å²) in [5, 5.41) is 0. The van der Waals surface area contributed by atoms with E-state index in [0.29, 0.717) is 28.3 Å². The molecule has 116 valence electrons. The maximum atomic E-state index is 12.6. The molecular weight excluding hydrogens is 264 g/mol. The van der Waals surface area contributed by atoms with Crippen LogP contribution in [-0.2, 0) is 0 Å². The number of ether oxygens (including phenoxy) is 1. The fourth-order valence-electron chi connectivity index (χ4n) is 2.98. The van der Waals surface area contributed by atoms with E-state index >= 15 is 0 Å². The lowest BCUT2D eigenvalue weighted by Gasteiger charge is -2.38. The second-order valence-corrected chi connectivity index (χ2v) is 6.89. The molecule has 2 rings (SSSR count). The molecule has 1 fully saturated rings. The summed E-state index contributed by atoms with van der Waals surface area (Å²) in [4.78, 5) is 14.5. The number of rotatable bonds is 2. The van der Waals surface area contributed by atoms with Gasteiger partial charge in [-0.2, -0.15) is 0 Å². The first-order chi connectivity index (χ1) is 9.82. The van der Waals surface area contributed by atoms with Crippen molar-refractivity contribution in [1.29, 1.82) is 0 Å². The van der Waals surface area contributed by atoms with E-state index in [1.165, 1.54) is 0 Å². The number of piperidine rings is 1. The summed E-state index contributed by atoms with van der Waals surface area (Å²) in [6.07, 6.45) is 2.14. The van der Waals surface area contributed by atoms with Gasteiger partial charge >= 0.3 is 0 Å². The Bertz CT molecular complexity index is 512. The van der Waals surface area contributed by atoms with Crippen molar-refractivity contribution in [2.24, 2.45) is 11.3 Å². The molecule has 0 saturated carbocycles. The van der Waals surface area contributed by atoms with E-state index in [1.54, 1.807) is 25.3 Å². The number of benzene rings is 1. The highest BCUT2D eigenvalue weighted by Crippen LogP contribution is 2.34. The molecule has 4 heteroatoms. The summed E-state index contributed by atoms with van der Waals surface area (Å²) in [7, 11) is 1.56.